The zero-order valence-electron chi connectivity index (χ0n) is 10.7. The monoisotopic (exact) mass is 232 g/mol. The van der Waals surface area contributed by atoms with Crippen molar-refractivity contribution >= 4 is 5.91 Å². The molecule has 1 atom stereocenters. The molecular formula is C11H24N2O3. The lowest BCUT2D eigenvalue weighted by Gasteiger charge is -2.22. The molecule has 0 rings (SSSR count). The Morgan fingerprint density at radius 3 is 2.56 bits per heavy atom. The van der Waals surface area contributed by atoms with Crippen molar-refractivity contribution in [1.82, 2.24) is 5.32 Å². The summed E-state index contributed by atoms with van der Waals surface area (Å²) in [6, 6.07) is -0.0271. The van der Waals surface area contributed by atoms with Crippen molar-refractivity contribution < 1.29 is 14.3 Å². The Bertz CT molecular complexity index is 207. The molecule has 0 radical (unpaired) electrons. The van der Waals surface area contributed by atoms with E-state index in [0.29, 0.717) is 26.0 Å². The number of hydrogen-bond donors (Lipinski definition) is 2. The van der Waals surface area contributed by atoms with Crippen LogP contribution in [0.3, 0.4) is 0 Å². The molecule has 0 aliphatic rings. The summed E-state index contributed by atoms with van der Waals surface area (Å²) in [5.74, 6) is -0.0172. The summed E-state index contributed by atoms with van der Waals surface area (Å²) in [6.07, 6.45) is 1.07. The number of rotatable bonds is 8. The lowest BCUT2D eigenvalue weighted by atomic mass is 10.0. The van der Waals surface area contributed by atoms with Crippen LogP contribution in [-0.4, -0.2) is 44.9 Å². The summed E-state index contributed by atoms with van der Waals surface area (Å²) in [7, 11) is 3.21. The van der Waals surface area contributed by atoms with Gasteiger partial charge in [-0.2, -0.15) is 0 Å². The summed E-state index contributed by atoms with van der Waals surface area (Å²) in [5, 5.41) is 2.81. The molecule has 0 saturated heterocycles. The third-order valence-corrected chi connectivity index (χ3v) is 2.36. The van der Waals surface area contributed by atoms with Gasteiger partial charge < -0.3 is 20.5 Å². The van der Waals surface area contributed by atoms with Crippen LogP contribution < -0.4 is 11.1 Å². The molecule has 0 saturated carbocycles. The zero-order valence-corrected chi connectivity index (χ0v) is 10.7. The molecule has 0 aromatic rings. The second kappa shape index (κ2) is 7.60. The van der Waals surface area contributed by atoms with Crippen molar-refractivity contribution in [3.63, 3.8) is 0 Å². The van der Waals surface area contributed by atoms with E-state index in [9.17, 15) is 4.79 Å². The molecule has 0 spiro atoms. The molecule has 5 heteroatoms. The maximum atomic E-state index is 11.5. The third-order valence-electron chi connectivity index (χ3n) is 2.36. The van der Waals surface area contributed by atoms with E-state index in [1.165, 1.54) is 0 Å². The van der Waals surface area contributed by atoms with E-state index in [-0.39, 0.29) is 11.9 Å². The van der Waals surface area contributed by atoms with Crippen LogP contribution in [0.4, 0.5) is 0 Å². The molecule has 0 heterocycles. The maximum absolute atomic E-state index is 11.5. The first kappa shape index (κ1) is 15.3. The zero-order chi connectivity index (χ0) is 12.6. The Hall–Kier alpha value is -0.650. The lowest BCUT2D eigenvalue weighted by Crippen LogP contribution is -2.36. The van der Waals surface area contributed by atoms with Gasteiger partial charge in [0.1, 0.15) is 0 Å². The van der Waals surface area contributed by atoms with Gasteiger partial charge in [-0.25, -0.2) is 0 Å². The van der Waals surface area contributed by atoms with Gasteiger partial charge in [0.05, 0.1) is 18.6 Å². The molecule has 0 fully saturated rings. The first-order valence-corrected chi connectivity index (χ1v) is 5.47. The fraction of sp³-hybridized carbons (Fsp3) is 0.909. The fourth-order valence-corrected chi connectivity index (χ4v) is 1.22. The highest BCUT2D eigenvalue weighted by atomic mass is 16.5. The predicted molar refractivity (Wildman–Crippen MR) is 63.2 cm³/mol. The summed E-state index contributed by atoms with van der Waals surface area (Å²) in [6.45, 7) is 4.84. The number of nitrogens with one attached hydrogen (secondary N) is 1. The highest BCUT2D eigenvalue weighted by Gasteiger charge is 2.20. The van der Waals surface area contributed by atoms with Gasteiger partial charge in [0.15, 0.2) is 0 Å². The van der Waals surface area contributed by atoms with Gasteiger partial charge >= 0.3 is 0 Å². The predicted octanol–water partition coefficient (Wildman–Crippen LogP) is 0.282. The smallest absolute Gasteiger partial charge is 0.222 e. The van der Waals surface area contributed by atoms with Gasteiger partial charge in [-0.05, 0) is 20.3 Å². The average molecular weight is 232 g/mol. The SMILES string of the molecule is COCC(N)CCNC(=O)CC(C)(C)OC. The molecule has 1 unspecified atom stereocenters. The van der Waals surface area contributed by atoms with Crippen molar-refractivity contribution in [2.75, 3.05) is 27.4 Å². The van der Waals surface area contributed by atoms with E-state index in [2.05, 4.69) is 5.32 Å². The topological polar surface area (TPSA) is 73.6 Å². The largest absolute Gasteiger partial charge is 0.383 e. The van der Waals surface area contributed by atoms with Gasteiger partial charge in [0.2, 0.25) is 5.91 Å². The second-order valence-corrected chi connectivity index (χ2v) is 4.49. The van der Waals surface area contributed by atoms with E-state index < -0.39 is 5.60 Å². The maximum Gasteiger partial charge on any atom is 0.222 e. The minimum Gasteiger partial charge on any atom is -0.383 e. The number of hydrogen-bond acceptors (Lipinski definition) is 4. The average Bonchev–Trinajstić information content (AvgIpc) is 2.17. The van der Waals surface area contributed by atoms with Crippen LogP contribution in [0, 0.1) is 0 Å². The summed E-state index contributed by atoms with van der Waals surface area (Å²) in [5.41, 5.74) is 5.30. The minimum absolute atomic E-state index is 0.0172. The third kappa shape index (κ3) is 7.62. The van der Waals surface area contributed by atoms with Crippen molar-refractivity contribution in [3.8, 4) is 0 Å². The molecule has 0 aliphatic heterocycles. The second-order valence-electron chi connectivity index (χ2n) is 4.49. The molecule has 0 aromatic heterocycles. The molecule has 16 heavy (non-hydrogen) atoms. The van der Waals surface area contributed by atoms with E-state index in [1.54, 1.807) is 14.2 Å². The van der Waals surface area contributed by atoms with E-state index >= 15 is 0 Å². The van der Waals surface area contributed by atoms with Crippen LogP contribution in [0.25, 0.3) is 0 Å². The van der Waals surface area contributed by atoms with Crippen LogP contribution in [0.5, 0.6) is 0 Å². The first-order chi connectivity index (χ1) is 7.41. The van der Waals surface area contributed by atoms with Crippen molar-refractivity contribution in [1.29, 1.82) is 0 Å². The highest BCUT2D eigenvalue weighted by Crippen LogP contribution is 2.12. The van der Waals surface area contributed by atoms with Gasteiger partial charge in [0.25, 0.3) is 0 Å². The molecule has 3 N–H and O–H groups in total. The normalized spacial score (nSPS) is 13.6. The molecule has 5 nitrogen and oxygen atoms in total. The Morgan fingerprint density at radius 2 is 2.06 bits per heavy atom. The van der Waals surface area contributed by atoms with E-state index in [1.807, 2.05) is 13.8 Å². The number of methoxy groups -OCH3 is 2. The number of carbonyl (C=O) groups is 1. The van der Waals surface area contributed by atoms with E-state index in [4.69, 9.17) is 15.2 Å². The number of carbonyl (C=O) groups excluding carboxylic acids is 1. The quantitative estimate of drug-likeness (QED) is 0.630. The van der Waals surface area contributed by atoms with Crippen LogP contribution in [0.1, 0.15) is 26.7 Å². The Kier molecular flexibility index (Phi) is 7.29. The Morgan fingerprint density at radius 1 is 1.44 bits per heavy atom. The van der Waals surface area contributed by atoms with Gasteiger partial charge in [-0.1, -0.05) is 0 Å². The molecule has 1 amide bonds. The van der Waals surface area contributed by atoms with Gasteiger partial charge in [-0.3, -0.25) is 4.79 Å². The van der Waals surface area contributed by atoms with E-state index in [0.717, 1.165) is 0 Å². The van der Waals surface area contributed by atoms with Crippen molar-refractivity contribution in [3.05, 3.63) is 0 Å². The van der Waals surface area contributed by atoms with Crippen LogP contribution in [0.15, 0.2) is 0 Å². The number of ether oxygens (including phenoxy) is 2. The molecule has 0 aliphatic carbocycles. The summed E-state index contributed by atoms with van der Waals surface area (Å²) >= 11 is 0. The van der Waals surface area contributed by atoms with Gasteiger partial charge in [0, 0.05) is 26.8 Å². The van der Waals surface area contributed by atoms with Crippen LogP contribution in [0.2, 0.25) is 0 Å². The summed E-state index contributed by atoms with van der Waals surface area (Å²) in [4.78, 5) is 11.5. The Labute approximate surface area is 97.7 Å². The summed E-state index contributed by atoms with van der Waals surface area (Å²) < 4.78 is 10.1. The van der Waals surface area contributed by atoms with Crippen LogP contribution in [-0.2, 0) is 14.3 Å². The molecular weight excluding hydrogens is 208 g/mol. The molecule has 0 bridgehead atoms. The lowest BCUT2D eigenvalue weighted by molar-refractivity contribution is -0.126. The van der Waals surface area contributed by atoms with Crippen molar-refractivity contribution in [2.45, 2.75) is 38.3 Å². The highest BCUT2D eigenvalue weighted by molar-refractivity contribution is 5.76. The van der Waals surface area contributed by atoms with Gasteiger partial charge in [-0.15, -0.1) is 0 Å². The number of amides is 1. The molecule has 96 valence electrons. The first-order valence-electron chi connectivity index (χ1n) is 5.47. The standard InChI is InChI=1S/C11H24N2O3/c1-11(2,16-4)7-10(14)13-6-5-9(12)8-15-3/h9H,5-8,12H2,1-4H3,(H,13,14). The molecule has 0 aromatic carbocycles. The minimum atomic E-state index is -0.418. The number of nitrogens with two attached hydrogens (primary N) is 1. The fourth-order valence-electron chi connectivity index (χ4n) is 1.22. The van der Waals surface area contributed by atoms with Crippen LogP contribution >= 0.6 is 0 Å². The van der Waals surface area contributed by atoms with Crippen molar-refractivity contribution in [2.24, 2.45) is 5.73 Å². The Balaban J connectivity index is 3.66.